The van der Waals surface area contributed by atoms with Gasteiger partial charge in [0.25, 0.3) is 0 Å². The zero-order valence-electron chi connectivity index (χ0n) is 29.0. The van der Waals surface area contributed by atoms with Gasteiger partial charge in [0.2, 0.25) is 0 Å². The van der Waals surface area contributed by atoms with E-state index in [0.29, 0.717) is 6.17 Å². The van der Waals surface area contributed by atoms with Gasteiger partial charge in [0, 0.05) is 25.5 Å². The fourth-order valence-electron chi connectivity index (χ4n) is 6.72. The van der Waals surface area contributed by atoms with Crippen LogP contribution in [0.5, 0.6) is 0 Å². The Morgan fingerprint density at radius 2 is 0.561 bits per heavy atom. The molecule has 0 amide bonds. The topological polar surface area (TPSA) is 6.48 Å². The van der Waals surface area contributed by atoms with Crippen molar-refractivity contribution in [1.29, 1.82) is 0 Å². The van der Waals surface area contributed by atoms with E-state index in [0.717, 1.165) is 0 Å². The second-order valence-electron chi connectivity index (χ2n) is 13.6. The first-order valence-electron chi connectivity index (χ1n) is 19.5. The average molecular weight is 575 g/mol. The van der Waals surface area contributed by atoms with E-state index in [2.05, 4.69) is 43.0 Å². The van der Waals surface area contributed by atoms with E-state index < -0.39 is 0 Å². The molecule has 0 aromatic heterocycles. The summed E-state index contributed by atoms with van der Waals surface area (Å²) in [4.78, 5) is 5.42. The maximum Gasteiger partial charge on any atom is 0.101 e. The van der Waals surface area contributed by atoms with Crippen molar-refractivity contribution in [3.63, 3.8) is 0 Å². The third-order valence-corrected chi connectivity index (χ3v) is 9.57. The Morgan fingerprint density at radius 3 is 0.854 bits per heavy atom. The van der Waals surface area contributed by atoms with Gasteiger partial charge in [-0.2, -0.15) is 0 Å². The first kappa shape index (κ1) is 38.4. The van der Waals surface area contributed by atoms with Crippen LogP contribution in [0.15, 0.2) is 12.4 Å². The number of hydrogen-bond donors (Lipinski definition) is 0. The van der Waals surface area contributed by atoms with Crippen LogP contribution in [0, 0.1) is 0 Å². The molecule has 41 heavy (non-hydrogen) atoms. The van der Waals surface area contributed by atoms with E-state index >= 15 is 0 Å². The fourth-order valence-corrected chi connectivity index (χ4v) is 6.72. The predicted molar refractivity (Wildman–Crippen MR) is 186 cm³/mol. The molecule has 0 aromatic rings. The van der Waals surface area contributed by atoms with Crippen molar-refractivity contribution in [3.05, 3.63) is 12.4 Å². The van der Waals surface area contributed by atoms with Gasteiger partial charge in [-0.15, -0.1) is 0 Å². The van der Waals surface area contributed by atoms with Gasteiger partial charge >= 0.3 is 0 Å². The summed E-state index contributed by atoms with van der Waals surface area (Å²) >= 11 is 0. The summed E-state index contributed by atoms with van der Waals surface area (Å²) in [5.41, 5.74) is 0. The van der Waals surface area contributed by atoms with Crippen LogP contribution in [-0.2, 0) is 0 Å². The van der Waals surface area contributed by atoms with Crippen molar-refractivity contribution in [2.75, 3.05) is 13.1 Å². The summed E-state index contributed by atoms with van der Waals surface area (Å²) in [7, 11) is 0. The molecule has 0 fully saturated rings. The third-order valence-electron chi connectivity index (χ3n) is 9.57. The highest BCUT2D eigenvalue weighted by molar-refractivity contribution is 4.97. The molecule has 0 saturated carbocycles. The van der Waals surface area contributed by atoms with Crippen LogP contribution in [0.4, 0.5) is 0 Å². The van der Waals surface area contributed by atoms with Crippen molar-refractivity contribution >= 4 is 0 Å². The van der Waals surface area contributed by atoms with Crippen LogP contribution < -0.4 is 0 Å². The van der Waals surface area contributed by atoms with Crippen molar-refractivity contribution < 1.29 is 0 Å². The zero-order chi connectivity index (χ0) is 29.5. The Hall–Kier alpha value is -0.660. The summed E-state index contributed by atoms with van der Waals surface area (Å²) in [5.74, 6) is 0. The molecule has 1 heterocycles. The standard InChI is InChI=1S/C39H78N2/c1-4-7-10-13-16-18-20-21-23-25-27-30-33-36-41-38-37-40(39(41)34-31-28-15-12-9-6-3)35-32-29-26-24-22-19-17-14-11-8-5-2/h37-39H,4-36H2,1-3H3. The Morgan fingerprint density at radius 1 is 0.317 bits per heavy atom. The van der Waals surface area contributed by atoms with Gasteiger partial charge in [-0.05, 0) is 25.7 Å². The fraction of sp³-hybridized carbons (Fsp3) is 0.949. The second kappa shape index (κ2) is 30.8. The molecule has 0 saturated heterocycles. The number of hydrogen-bond acceptors (Lipinski definition) is 2. The van der Waals surface area contributed by atoms with Gasteiger partial charge in [0.15, 0.2) is 0 Å². The van der Waals surface area contributed by atoms with Crippen molar-refractivity contribution in [2.24, 2.45) is 0 Å². The van der Waals surface area contributed by atoms with Crippen LogP contribution in [0.2, 0.25) is 0 Å². The predicted octanol–water partition coefficient (Wildman–Crippen LogP) is 13.6. The molecular formula is C39H78N2. The lowest BCUT2D eigenvalue weighted by molar-refractivity contribution is 0.135. The van der Waals surface area contributed by atoms with E-state index in [1.807, 2.05) is 0 Å². The van der Waals surface area contributed by atoms with E-state index in [4.69, 9.17) is 0 Å². The molecule has 0 spiro atoms. The number of unbranched alkanes of at least 4 members (excludes halogenated alkanes) is 27. The molecule has 0 aromatic carbocycles. The highest BCUT2D eigenvalue weighted by atomic mass is 15.4. The Balaban J connectivity index is 2.17. The largest absolute Gasteiger partial charge is 0.356 e. The average Bonchev–Trinajstić information content (AvgIpc) is 3.37. The quantitative estimate of drug-likeness (QED) is 0.0719. The van der Waals surface area contributed by atoms with E-state index in [1.165, 1.54) is 212 Å². The van der Waals surface area contributed by atoms with Crippen molar-refractivity contribution in [3.8, 4) is 0 Å². The summed E-state index contributed by atoms with van der Waals surface area (Å²) in [6, 6.07) is 0. The minimum absolute atomic E-state index is 0.640. The highest BCUT2D eigenvalue weighted by Crippen LogP contribution is 2.24. The third kappa shape index (κ3) is 23.5. The Bertz CT molecular complexity index is 530. The lowest BCUT2D eigenvalue weighted by atomic mass is 10.0. The molecule has 1 aliphatic heterocycles. The maximum absolute atomic E-state index is 2.71. The minimum atomic E-state index is 0.640. The van der Waals surface area contributed by atoms with E-state index in [1.54, 1.807) is 0 Å². The van der Waals surface area contributed by atoms with E-state index in [9.17, 15) is 0 Å². The van der Waals surface area contributed by atoms with Crippen LogP contribution in [0.1, 0.15) is 220 Å². The van der Waals surface area contributed by atoms with Crippen LogP contribution >= 0.6 is 0 Å². The van der Waals surface area contributed by atoms with Gasteiger partial charge in [0.1, 0.15) is 6.17 Å². The summed E-state index contributed by atoms with van der Waals surface area (Å²) < 4.78 is 0. The number of rotatable bonds is 33. The van der Waals surface area contributed by atoms with Gasteiger partial charge in [-0.1, -0.05) is 194 Å². The molecule has 1 unspecified atom stereocenters. The molecule has 0 N–H and O–H groups in total. The molecule has 1 aliphatic rings. The molecule has 1 atom stereocenters. The molecule has 1 rings (SSSR count). The lowest BCUT2D eigenvalue weighted by Crippen LogP contribution is -2.39. The molecule has 0 aliphatic carbocycles. The van der Waals surface area contributed by atoms with Gasteiger partial charge in [0.05, 0.1) is 0 Å². The molecule has 0 radical (unpaired) electrons. The van der Waals surface area contributed by atoms with E-state index in [-0.39, 0.29) is 0 Å². The van der Waals surface area contributed by atoms with Crippen LogP contribution in [-0.4, -0.2) is 29.1 Å². The molecule has 0 bridgehead atoms. The van der Waals surface area contributed by atoms with Crippen molar-refractivity contribution in [1.82, 2.24) is 9.80 Å². The first-order chi connectivity index (χ1) is 20.3. The smallest absolute Gasteiger partial charge is 0.101 e. The van der Waals surface area contributed by atoms with Gasteiger partial charge in [-0.25, -0.2) is 0 Å². The summed E-state index contributed by atoms with van der Waals surface area (Å²) in [6.45, 7) is 9.48. The maximum atomic E-state index is 2.71. The Labute approximate surface area is 260 Å². The van der Waals surface area contributed by atoms with Gasteiger partial charge < -0.3 is 9.80 Å². The highest BCUT2D eigenvalue weighted by Gasteiger charge is 2.24. The first-order valence-corrected chi connectivity index (χ1v) is 19.5. The lowest BCUT2D eigenvalue weighted by Gasteiger charge is -2.33. The second-order valence-corrected chi connectivity index (χ2v) is 13.6. The van der Waals surface area contributed by atoms with Crippen LogP contribution in [0.25, 0.3) is 0 Å². The molecule has 2 heteroatoms. The SMILES string of the molecule is CCCCCCCCCCCCCCCN1C=CN(CCCCCCCCCCCCC)C1CCCCCCCC. The monoisotopic (exact) mass is 575 g/mol. The minimum Gasteiger partial charge on any atom is -0.356 e. The van der Waals surface area contributed by atoms with Crippen LogP contribution in [0.3, 0.4) is 0 Å². The molecular weight excluding hydrogens is 496 g/mol. The summed E-state index contributed by atoms with van der Waals surface area (Å²) in [6.07, 6.45) is 49.9. The van der Waals surface area contributed by atoms with Gasteiger partial charge in [-0.3, -0.25) is 0 Å². The molecule has 2 nitrogen and oxygen atoms in total. The Kier molecular flexibility index (Phi) is 28.8. The summed E-state index contributed by atoms with van der Waals surface area (Å²) in [5, 5.41) is 0. The zero-order valence-corrected chi connectivity index (χ0v) is 29.0. The van der Waals surface area contributed by atoms with Crippen molar-refractivity contribution in [2.45, 2.75) is 226 Å². The normalized spacial score (nSPS) is 15.0. The number of nitrogens with zero attached hydrogens (tertiary/aromatic N) is 2. The molecule has 244 valence electrons.